The number of methoxy groups -OCH3 is 1. The highest BCUT2D eigenvalue weighted by Gasteiger charge is 2.16. The van der Waals surface area contributed by atoms with Crippen LogP contribution < -0.4 is 9.46 Å². The van der Waals surface area contributed by atoms with E-state index in [0.717, 1.165) is 11.3 Å². The van der Waals surface area contributed by atoms with Crippen molar-refractivity contribution < 1.29 is 17.6 Å². The molecule has 0 fully saturated rings. The molecule has 0 bridgehead atoms. The Labute approximate surface area is 167 Å². The summed E-state index contributed by atoms with van der Waals surface area (Å²) in [6.07, 6.45) is 1.87. The van der Waals surface area contributed by atoms with Gasteiger partial charge in [0.1, 0.15) is 12.0 Å². The summed E-state index contributed by atoms with van der Waals surface area (Å²) < 4.78 is 37.7. The maximum atomic E-state index is 12.3. The van der Waals surface area contributed by atoms with E-state index in [1.54, 1.807) is 7.11 Å². The molecule has 3 aromatic rings. The Morgan fingerprint density at radius 3 is 2.41 bits per heavy atom. The molecule has 1 heterocycles. The third-order valence-electron chi connectivity index (χ3n) is 3.71. The summed E-state index contributed by atoms with van der Waals surface area (Å²) in [6.45, 7) is 0.154. The van der Waals surface area contributed by atoms with Gasteiger partial charge in [0.25, 0.3) is 0 Å². The topological polar surface area (TPSA) is 81.4 Å². The number of nitrogens with zero attached hydrogens (tertiary/aromatic N) is 1. The highest BCUT2D eigenvalue weighted by Crippen LogP contribution is 2.23. The molecule has 27 heavy (non-hydrogen) atoms. The van der Waals surface area contributed by atoms with E-state index >= 15 is 0 Å². The molecule has 1 aromatic heterocycles. The van der Waals surface area contributed by atoms with Gasteiger partial charge in [-0.2, -0.15) is 0 Å². The van der Waals surface area contributed by atoms with E-state index in [2.05, 4.69) is 9.71 Å². The van der Waals surface area contributed by atoms with Crippen molar-refractivity contribution in [2.45, 2.75) is 11.3 Å². The summed E-state index contributed by atoms with van der Waals surface area (Å²) in [7, 11) is -2.13. The summed E-state index contributed by atoms with van der Waals surface area (Å²) >= 11 is 11.7. The van der Waals surface area contributed by atoms with Gasteiger partial charge in [-0.15, -0.1) is 0 Å². The Balaban J connectivity index is 1.63. The fourth-order valence-corrected chi connectivity index (χ4v) is 4.13. The molecule has 2 aromatic carbocycles. The minimum Gasteiger partial charge on any atom is -0.497 e. The molecule has 0 unspecified atom stereocenters. The van der Waals surface area contributed by atoms with Crippen LogP contribution in [0.4, 0.5) is 0 Å². The van der Waals surface area contributed by atoms with Gasteiger partial charge in [-0.3, -0.25) is 0 Å². The molecule has 142 valence electrons. The highest BCUT2D eigenvalue weighted by atomic mass is 35.5. The molecule has 0 saturated carbocycles. The molecule has 0 spiro atoms. The van der Waals surface area contributed by atoms with Crippen molar-refractivity contribution >= 4 is 33.2 Å². The minimum atomic E-state index is -3.72. The van der Waals surface area contributed by atoms with E-state index in [-0.39, 0.29) is 21.5 Å². The number of benzene rings is 2. The zero-order valence-electron chi connectivity index (χ0n) is 14.3. The standard InChI is InChI=1S/C18H16Cl2N2O4S/c1-25-16-4-2-12(3-5-16)18-22-15(11-26-18)6-7-21-27(23,24)17-9-13(19)8-14(20)10-17/h2-5,8-11,21H,6-7H2,1H3. The van der Waals surface area contributed by atoms with Crippen LogP contribution in [0.5, 0.6) is 5.75 Å². The Bertz CT molecular complexity index is 1010. The van der Waals surface area contributed by atoms with E-state index in [1.807, 2.05) is 24.3 Å². The first-order valence-electron chi connectivity index (χ1n) is 7.92. The van der Waals surface area contributed by atoms with Crippen molar-refractivity contribution in [3.8, 4) is 17.2 Å². The Kier molecular flexibility index (Phi) is 6.06. The van der Waals surface area contributed by atoms with Crippen LogP contribution in [0.15, 0.2) is 58.0 Å². The molecule has 0 aliphatic rings. The number of aromatic nitrogens is 1. The van der Waals surface area contributed by atoms with Crippen LogP contribution in [0.2, 0.25) is 10.0 Å². The van der Waals surface area contributed by atoms with Crippen molar-refractivity contribution in [3.63, 3.8) is 0 Å². The molecular formula is C18H16Cl2N2O4S. The van der Waals surface area contributed by atoms with Crippen LogP contribution in [0.3, 0.4) is 0 Å². The fourth-order valence-electron chi connectivity index (χ4n) is 2.37. The van der Waals surface area contributed by atoms with E-state index in [9.17, 15) is 8.42 Å². The molecule has 9 heteroatoms. The number of hydrogen-bond donors (Lipinski definition) is 1. The molecule has 3 rings (SSSR count). The van der Waals surface area contributed by atoms with Crippen LogP contribution in [-0.4, -0.2) is 27.1 Å². The summed E-state index contributed by atoms with van der Waals surface area (Å²) in [4.78, 5) is 4.39. The lowest BCUT2D eigenvalue weighted by atomic mass is 10.2. The Hall–Kier alpha value is -2.06. The number of nitrogens with one attached hydrogen (secondary N) is 1. The number of ether oxygens (including phenoxy) is 1. The minimum absolute atomic E-state index is 0.0130. The molecule has 0 amide bonds. The van der Waals surface area contributed by atoms with Crippen molar-refractivity contribution in [1.29, 1.82) is 0 Å². The van der Waals surface area contributed by atoms with Gasteiger partial charge in [-0.25, -0.2) is 18.1 Å². The van der Waals surface area contributed by atoms with Crippen molar-refractivity contribution in [2.75, 3.05) is 13.7 Å². The zero-order valence-corrected chi connectivity index (χ0v) is 16.6. The number of hydrogen-bond acceptors (Lipinski definition) is 5. The zero-order chi connectivity index (χ0) is 19.4. The molecule has 0 aliphatic carbocycles. The van der Waals surface area contributed by atoms with Crippen LogP contribution in [0.1, 0.15) is 5.69 Å². The number of rotatable bonds is 7. The number of oxazole rings is 1. The van der Waals surface area contributed by atoms with Crippen molar-refractivity contribution in [1.82, 2.24) is 9.71 Å². The predicted octanol–water partition coefficient (Wildman–Crippen LogP) is 4.18. The molecule has 0 atom stereocenters. The van der Waals surface area contributed by atoms with E-state index < -0.39 is 10.0 Å². The second-order valence-electron chi connectivity index (χ2n) is 5.63. The maximum absolute atomic E-state index is 12.3. The van der Waals surface area contributed by atoms with Crippen molar-refractivity contribution in [2.24, 2.45) is 0 Å². The molecular weight excluding hydrogens is 411 g/mol. The Morgan fingerprint density at radius 1 is 1.11 bits per heavy atom. The van der Waals surface area contributed by atoms with Gasteiger partial charge in [-0.1, -0.05) is 23.2 Å². The monoisotopic (exact) mass is 426 g/mol. The predicted molar refractivity (Wildman–Crippen MR) is 104 cm³/mol. The van der Waals surface area contributed by atoms with Gasteiger partial charge in [0.05, 0.1) is 17.7 Å². The van der Waals surface area contributed by atoms with Crippen LogP contribution in [0, 0.1) is 0 Å². The SMILES string of the molecule is COc1ccc(-c2nc(CCNS(=O)(=O)c3cc(Cl)cc(Cl)c3)co2)cc1. The fraction of sp³-hybridized carbons (Fsp3) is 0.167. The van der Waals surface area contributed by atoms with Crippen LogP contribution in [-0.2, 0) is 16.4 Å². The molecule has 0 aliphatic heterocycles. The van der Waals surface area contributed by atoms with Gasteiger partial charge in [0.2, 0.25) is 15.9 Å². The lowest BCUT2D eigenvalue weighted by molar-refractivity contribution is 0.415. The average Bonchev–Trinajstić information content (AvgIpc) is 3.10. The van der Waals surface area contributed by atoms with Gasteiger partial charge >= 0.3 is 0 Å². The highest BCUT2D eigenvalue weighted by molar-refractivity contribution is 7.89. The van der Waals surface area contributed by atoms with Gasteiger partial charge < -0.3 is 9.15 Å². The van der Waals surface area contributed by atoms with Crippen molar-refractivity contribution in [3.05, 3.63) is 64.5 Å². The van der Waals surface area contributed by atoms with Gasteiger partial charge in [0, 0.05) is 28.6 Å². The second kappa shape index (κ2) is 8.31. The largest absolute Gasteiger partial charge is 0.497 e. The van der Waals surface area contributed by atoms with E-state index in [1.165, 1.54) is 24.5 Å². The molecule has 1 N–H and O–H groups in total. The third-order valence-corrected chi connectivity index (χ3v) is 5.59. The summed E-state index contributed by atoms with van der Waals surface area (Å²) in [5, 5.41) is 0.506. The smallest absolute Gasteiger partial charge is 0.240 e. The normalized spacial score (nSPS) is 11.5. The first-order chi connectivity index (χ1) is 12.9. The number of sulfonamides is 1. The lowest BCUT2D eigenvalue weighted by Gasteiger charge is -2.06. The Morgan fingerprint density at radius 2 is 1.78 bits per heavy atom. The van der Waals surface area contributed by atoms with Gasteiger partial charge in [0.15, 0.2) is 0 Å². The quantitative estimate of drug-likeness (QED) is 0.612. The first kappa shape index (κ1) is 19.7. The lowest BCUT2D eigenvalue weighted by Crippen LogP contribution is -2.26. The first-order valence-corrected chi connectivity index (χ1v) is 10.2. The molecule has 6 nitrogen and oxygen atoms in total. The van der Waals surface area contributed by atoms with E-state index in [0.29, 0.717) is 18.0 Å². The maximum Gasteiger partial charge on any atom is 0.240 e. The van der Waals surface area contributed by atoms with Crippen LogP contribution >= 0.6 is 23.2 Å². The van der Waals surface area contributed by atoms with Gasteiger partial charge in [-0.05, 0) is 42.5 Å². The molecule has 0 saturated heterocycles. The third kappa shape index (κ3) is 5.01. The summed E-state index contributed by atoms with van der Waals surface area (Å²) in [5.41, 5.74) is 1.43. The second-order valence-corrected chi connectivity index (χ2v) is 8.27. The number of halogens is 2. The average molecular weight is 427 g/mol. The van der Waals surface area contributed by atoms with Crippen LogP contribution in [0.25, 0.3) is 11.5 Å². The summed E-state index contributed by atoms with van der Waals surface area (Å²) in [6, 6.07) is 11.4. The van der Waals surface area contributed by atoms with E-state index in [4.69, 9.17) is 32.4 Å². The molecule has 0 radical (unpaired) electrons. The summed E-state index contributed by atoms with van der Waals surface area (Å²) in [5.74, 6) is 1.19.